The molecule has 1 aromatic heterocycles. The average molecular weight is 180 g/mol. The molecule has 1 fully saturated rings. The number of nitrogens with zero attached hydrogens (tertiary/aromatic N) is 2. The van der Waals surface area contributed by atoms with E-state index in [9.17, 15) is 0 Å². The molecule has 0 amide bonds. The van der Waals surface area contributed by atoms with Crippen molar-refractivity contribution >= 4 is 0 Å². The van der Waals surface area contributed by atoms with Crippen molar-refractivity contribution in [3.63, 3.8) is 0 Å². The molecule has 1 aromatic rings. The zero-order valence-electron chi connectivity index (χ0n) is 8.23. The van der Waals surface area contributed by atoms with Crippen LogP contribution in [0, 0.1) is 0 Å². The van der Waals surface area contributed by atoms with Crippen LogP contribution >= 0.6 is 0 Å². The van der Waals surface area contributed by atoms with Gasteiger partial charge in [0.15, 0.2) is 0 Å². The van der Waals surface area contributed by atoms with Crippen LogP contribution in [0.15, 0.2) is 12.4 Å². The smallest absolute Gasteiger partial charge is 0.0774 e. The highest BCUT2D eigenvalue weighted by Gasteiger charge is 2.18. The van der Waals surface area contributed by atoms with Crippen LogP contribution in [-0.4, -0.2) is 23.0 Å². The molecule has 1 aliphatic heterocycles. The van der Waals surface area contributed by atoms with Gasteiger partial charge in [0.25, 0.3) is 0 Å². The number of hydrogen-bond acceptors (Lipinski definition) is 2. The highest BCUT2D eigenvalue weighted by atomic mass is 16.5. The van der Waals surface area contributed by atoms with Crippen LogP contribution in [0.1, 0.15) is 37.8 Å². The van der Waals surface area contributed by atoms with Crippen molar-refractivity contribution in [1.29, 1.82) is 0 Å². The summed E-state index contributed by atoms with van der Waals surface area (Å²) in [6, 6.07) is 0.465. The van der Waals surface area contributed by atoms with Crippen molar-refractivity contribution in [3.05, 3.63) is 18.0 Å². The predicted molar refractivity (Wildman–Crippen MR) is 50.8 cm³/mol. The van der Waals surface area contributed by atoms with Crippen LogP contribution in [0.25, 0.3) is 0 Å². The zero-order chi connectivity index (χ0) is 9.26. The minimum absolute atomic E-state index is 0.465. The van der Waals surface area contributed by atoms with Crippen molar-refractivity contribution in [1.82, 2.24) is 9.78 Å². The van der Waals surface area contributed by atoms with E-state index in [0.717, 1.165) is 19.6 Å². The molecule has 0 radical (unpaired) electrons. The monoisotopic (exact) mass is 180 g/mol. The fourth-order valence-corrected chi connectivity index (χ4v) is 1.58. The second kappa shape index (κ2) is 3.50. The van der Waals surface area contributed by atoms with E-state index in [4.69, 9.17) is 4.74 Å². The van der Waals surface area contributed by atoms with E-state index >= 15 is 0 Å². The lowest BCUT2D eigenvalue weighted by molar-refractivity contribution is 0.184. The summed E-state index contributed by atoms with van der Waals surface area (Å²) in [5.41, 5.74) is 1.31. The Labute approximate surface area is 78.7 Å². The summed E-state index contributed by atoms with van der Waals surface area (Å²) in [6.45, 7) is 6.07. The molecule has 0 spiro atoms. The predicted octanol–water partition coefficient (Wildman–Crippen LogP) is 1.97. The maximum atomic E-state index is 5.32. The van der Waals surface area contributed by atoms with Crippen LogP contribution in [-0.2, 0) is 4.74 Å². The van der Waals surface area contributed by atoms with Crippen molar-refractivity contribution < 1.29 is 4.74 Å². The zero-order valence-corrected chi connectivity index (χ0v) is 8.23. The normalized spacial score (nSPS) is 22.8. The van der Waals surface area contributed by atoms with Gasteiger partial charge >= 0.3 is 0 Å². The number of aromatic nitrogens is 2. The summed E-state index contributed by atoms with van der Waals surface area (Å²) in [7, 11) is 0. The van der Waals surface area contributed by atoms with Crippen LogP contribution < -0.4 is 0 Å². The van der Waals surface area contributed by atoms with E-state index in [2.05, 4.69) is 25.1 Å². The summed E-state index contributed by atoms with van der Waals surface area (Å²) in [5.74, 6) is 0.566. The highest BCUT2D eigenvalue weighted by Crippen LogP contribution is 2.20. The number of rotatable bonds is 2. The summed E-state index contributed by atoms with van der Waals surface area (Å²) in [5, 5.41) is 4.36. The molecule has 1 atom stereocenters. The van der Waals surface area contributed by atoms with Crippen molar-refractivity contribution in [2.24, 2.45) is 0 Å². The van der Waals surface area contributed by atoms with Crippen LogP contribution in [0.5, 0.6) is 0 Å². The molecule has 1 aliphatic rings. The van der Waals surface area contributed by atoms with Gasteiger partial charge in [0, 0.05) is 12.8 Å². The average Bonchev–Trinajstić information content (AvgIpc) is 2.75. The molecular weight excluding hydrogens is 164 g/mol. The molecule has 0 unspecified atom stereocenters. The van der Waals surface area contributed by atoms with Gasteiger partial charge in [-0.25, -0.2) is 0 Å². The first-order valence-electron chi connectivity index (χ1n) is 4.89. The Balaban J connectivity index is 2.12. The van der Waals surface area contributed by atoms with Gasteiger partial charge in [-0.2, -0.15) is 5.10 Å². The topological polar surface area (TPSA) is 27.1 Å². The first kappa shape index (κ1) is 8.75. The molecule has 1 saturated heterocycles. The molecule has 0 bridgehead atoms. The minimum Gasteiger partial charge on any atom is -0.379 e. The third-order valence-electron chi connectivity index (χ3n) is 2.57. The second-order valence-corrected chi connectivity index (χ2v) is 3.93. The van der Waals surface area contributed by atoms with E-state index in [-0.39, 0.29) is 0 Å². The fraction of sp³-hybridized carbons (Fsp3) is 0.700. The summed E-state index contributed by atoms with van der Waals surface area (Å²) in [4.78, 5) is 0. The quantitative estimate of drug-likeness (QED) is 0.695. The SMILES string of the molecule is CC(C)c1cnn([C@@H]2CCOC2)c1. The Morgan fingerprint density at radius 3 is 3.00 bits per heavy atom. The largest absolute Gasteiger partial charge is 0.379 e. The molecule has 2 heterocycles. The molecule has 0 aliphatic carbocycles. The van der Waals surface area contributed by atoms with E-state index in [1.54, 1.807) is 0 Å². The lowest BCUT2D eigenvalue weighted by Gasteiger charge is -2.07. The molecule has 72 valence electrons. The van der Waals surface area contributed by atoms with Crippen LogP contribution in [0.4, 0.5) is 0 Å². The first-order chi connectivity index (χ1) is 6.27. The van der Waals surface area contributed by atoms with Crippen molar-refractivity contribution in [2.45, 2.75) is 32.2 Å². The van der Waals surface area contributed by atoms with Crippen LogP contribution in [0.2, 0.25) is 0 Å². The number of ether oxygens (including phenoxy) is 1. The Bertz CT molecular complexity index is 274. The van der Waals surface area contributed by atoms with Crippen molar-refractivity contribution in [2.75, 3.05) is 13.2 Å². The summed E-state index contributed by atoms with van der Waals surface area (Å²) in [6.07, 6.45) is 5.20. The highest BCUT2D eigenvalue weighted by molar-refractivity contribution is 5.09. The molecular formula is C10H16N2O. The Hall–Kier alpha value is -0.830. The molecule has 0 aromatic carbocycles. The van der Waals surface area contributed by atoms with Crippen LogP contribution in [0.3, 0.4) is 0 Å². The van der Waals surface area contributed by atoms with E-state index < -0.39 is 0 Å². The van der Waals surface area contributed by atoms with E-state index in [0.29, 0.717) is 12.0 Å². The lowest BCUT2D eigenvalue weighted by Crippen LogP contribution is -2.08. The fourth-order valence-electron chi connectivity index (χ4n) is 1.58. The van der Waals surface area contributed by atoms with Gasteiger partial charge in [-0.3, -0.25) is 4.68 Å². The molecule has 0 saturated carbocycles. The lowest BCUT2D eigenvalue weighted by atomic mass is 10.1. The molecule has 3 heteroatoms. The Morgan fingerprint density at radius 1 is 1.62 bits per heavy atom. The van der Waals surface area contributed by atoms with Gasteiger partial charge in [0.2, 0.25) is 0 Å². The van der Waals surface area contributed by atoms with Gasteiger partial charge in [-0.15, -0.1) is 0 Å². The summed E-state index contributed by atoms with van der Waals surface area (Å²) < 4.78 is 7.36. The molecule has 3 nitrogen and oxygen atoms in total. The maximum absolute atomic E-state index is 5.32. The first-order valence-corrected chi connectivity index (χ1v) is 4.89. The van der Waals surface area contributed by atoms with Gasteiger partial charge in [-0.1, -0.05) is 13.8 Å². The molecule has 0 N–H and O–H groups in total. The van der Waals surface area contributed by atoms with Gasteiger partial charge in [-0.05, 0) is 17.9 Å². The molecule has 2 rings (SSSR count). The van der Waals surface area contributed by atoms with E-state index in [1.807, 2.05) is 10.9 Å². The molecule has 13 heavy (non-hydrogen) atoms. The standard InChI is InChI=1S/C10H16N2O/c1-8(2)9-5-11-12(6-9)10-3-4-13-7-10/h5-6,8,10H,3-4,7H2,1-2H3/t10-/m1/s1. The third kappa shape index (κ3) is 1.75. The maximum Gasteiger partial charge on any atom is 0.0774 e. The summed E-state index contributed by atoms with van der Waals surface area (Å²) >= 11 is 0. The Kier molecular flexibility index (Phi) is 2.36. The van der Waals surface area contributed by atoms with E-state index in [1.165, 1.54) is 5.56 Å². The third-order valence-corrected chi connectivity index (χ3v) is 2.57. The second-order valence-electron chi connectivity index (χ2n) is 3.93. The minimum atomic E-state index is 0.465. The van der Waals surface area contributed by atoms with Crippen molar-refractivity contribution in [3.8, 4) is 0 Å². The Morgan fingerprint density at radius 2 is 2.46 bits per heavy atom. The van der Waals surface area contributed by atoms with Gasteiger partial charge < -0.3 is 4.74 Å². The van der Waals surface area contributed by atoms with Gasteiger partial charge in [0.05, 0.1) is 18.8 Å². The van der Waals surface area contributed by atoms with Gasteiger partial charge in [0.1, 0.15) is 0 Å². The number of hydrogen-bond donors (Lipinski definition) is 0.